The lowest BCUT2D eigenvalue weighted by molar-refractivity contribution is 0.178. The van der Waals surface area contributed by atoms with E-state index >= 15 is 0 Å². The molecule has 0 heterocycles. The molecule has 0 aromatic heterocycles. The van der Waals surface area contributed by atoms with E-state index < -0.39 is 0 Å². The second-order valence-corrected chi connectivity index (χ2v) is 5.02. The minimum Gasteiger partial charge on any atom is -0.396 e. The highest BCUT2D eigenvalue weighted by atomic mass is 16.2. The van der Waals surface area contributed by atoms with Gasteiger partial charge in [0, 0.05) is 6.61 Å². The van der Waals surface area contributed by atoms with Gasteiger partial charge in [0.25, 0.3) is 0 Å². The molecular weight excluding hydrogens is 160 g/mol. The van der Waals surface area contributed by atoms with Gasteiger partial charge in [-0.05, 0) is 49.9 Å². The molecule has 0 aromatic rings. The molecule has 1 heteroatoms. The standard InChI is InChI=1S/C12H22O/c13-10-4-6-11-5-3-9-12(11)7-1-2-8-12/h11,13H,1-10H2. The first kappa shape index (κ1) is 9.51. The summed E-state index contributed by atoms with van der Waals surface area (Å²) in [6, 6.07) is 0. The van der Waals surface area contributed by atoms with Crippen molar-refractivity contribution in [3.63, 3.8) is 0 Å². The van der Waals surface area contributed by atoms with Crippen molar-refractivity contribution in [3.05, 3.63) is 0 Å². The average Bonchev–Trinajstić information content (AvgIpc) is 2.75. The van der Waals surface area contributed by atoms with Gasteiger partial charge >= 0.3 is 0 Å². The Morgan fingerprint density at radius 2 is 1.77 bits per heavy atom. The quantitative estimate of drug-likeness (QED) is 0.711. The van der Waals surface area contributed by atoms with Crippen molar-refractivity contribution in [1.82, 2.24) is 0 Å². The third-order valence-corrected chi connectivity index (χ3v) is 4.40. The number of aliphatic hydroxyl groups excluding tert-OH is 1. The Morgan fingerprint density at radius 1 is 1.08 bits per heavy atom. The van der Waals surface area contributed by atoms with Crippen LogP contribution >= 0.6 is 0 Å². The summed E-state index contributed by atoms with van der Waals surface area (Å²) in [5.41, 5.74) is 0.745. The molecule has 0 radical (unpaired) electrons. The van der Waals surface area contributed by atoms with Gasteiger partial charge in [0.2, 0.25) is 0 Å². The van der Waals surface area contributed by atoms with E-state index in [2.05, 4.69) is 0 Å². The summed E-state index contributed by atoms with van der Waals surface area (Å²) >= 11 is 0. The van der Waals surface area contributed by atoms with E-state index in [-0.39, 0.29) is 0 Å². The summed E-state index contributed by atoms with van der Waals surface area (Å²) in [6.07, 6.45) is 12.6. The van der Waals surface area contributed by atoms with Crippen LogP contribution in [0.4, 0.5) is 0 Å². The Hall–Kier alpha value is -0.0400. The molecule has 1 nitrogen and oxygen atoms in total. The molecule has 2 fully saturated rings. The van der Waals surface area contributed by atoms with Gasteiger partial charge in [-0.1, -0.05) is 19.3 Å². The minimum absolute atomic E-state index is 0.395. The zero-order valence-corrected chi connectivity index (χ0v) is 8.60. The molecule has 2 aliphatic carbocycles. The molecule has 13 heavy (non-hydrogen) atoms. The SMILES string of the molecule is OCCCC1CCCC12CCCC2. The van der Waals surface area contributed by atoms with Crippen LogP contribution in [0, 0.1) is 11.3 Å². The van der Waals surface area contributed by atoms with Crippen molar-refractivity contribution in [1.29, 1.82) is 0 Å². The van der Waals surface area contributed by atoms with Crippen LogP contribution in [0.3, 0.4) is 0 Å². The van der Waals surface area contributed by atoms with Gasteiger partial charge in [-0.25, -0.2) is 0 Å². The number of rotatable bonds is 3. The van der Waals surface area contributed by atoms with Crippen LogP contribution in [0.25, 0.3) is 0 Å². The lowest BCUT2D eigenvalue weighted by atomic mass is 9.74. The highest BCUT2D eigenvalue weighted by molar-refractivity contribution is 4.94. The summed E-state index contributed by atoms with van der Waals surface area (Å²) in [4.78, 5) is 0. The molecule has 1 N–H and O–H groups in total. The largest absolute Gasteiger partial charge is 0.396 e. The number of hydrogen-bond donors (Lipinski definition) is 1. The zero-order chi connectivity index (χ0) is 9.15. The predicted molar refractivity (Wildman–Crippen MR) is 54.6 cm³/mol. The molecule has 2 saturated carbocycles. The number of aliphatic hydroxyl groups is 1. The van der Waals surface area contributed by atoms with E-state index in [1.807, 2.05) is 0 Å². The Bertz CT molecular complexity index is 153. The van der Waals surface area contributed by atoms with Gasteiger partial charge in [0.05, 0.1) is 0 Å². The smallest absolute Gasteiger partial charge is 0.0431 e. The van der Waals surface area contributed by atoms with Gasteiger partial charge < -0.3 is 5.11 Å². The normalized spacial score (nSPS) is 31.6. The number of hydrogen-bond acceptors (Lipinski definition) is 1. The van der Waals surface area contributed by atoms with E-state index in [9.17, 15) is 0 Å². The monoisotopic (exact) mass is 182 g/mol. The summed E-state index contributed by atoms with van der Waals surface area (Å²) in [6.45, 7) is 0.395. The molecule has 2 aliphatic rings. The summed E-state index contributed by atoms with van der Waals surface area (Å²) in [5, 5.41) is 8.86. The van der Waals surface area contributed by atoms with Crippen LogP contribution in [-0.2, 0) is 0 Å². The molecular formula is C12H22O. The van der Waals surface area contributed by atoms with Crippen LogP contribution in [-0.4, -0.2) is 11.7 Å². The molecule has 2 rings (SSSR count). The average molecular weight is 182 g/mol. The third kappa shape index (κ3) is 1.76. The van der Waals surface area contributed by atoms with Crippen LogP contribution in [0.2, 0.25) is 0 Å². The van der Waals surface area contributed by atoms with E-state index in [1.165, 1.54) is 51.4 Å². The first-order valence-electron chi connectivity index (χ1n) is 5.98. The Kier molecular flexibility index (Phi) is 2.92. The third-order valence-electron chi connectivity index (χ3n) is 4.40. The summed E-state index contributed by atoms with van der Waals surface area (Å²) in [7, 11) is 0. The minimum atomic E-state index is 0.395. The van der Waals surface area contributed by atoms with Crippen molar-refractivity contribution in [2.24, 2.45) is 11.3 Å². The van der Waals surface area contributed by atoms with Crippen LogP contribution < -0.4 is 0 Å². The fourth-order valence-electron chi connectivity index (χ4n) is 3.74. The molecule has 76 valence electrons. The van der Waals surface area contributed by atoms with E-state index in [1.54, 1.807) is 0 Å². The summed E-state index contributed by atoms with van der Waals surface area (Å²) < 4.78 is 0. The molecule has 1 spiro atoms. The second-order valence-electron chi connectivity index (χ2n) is 5.02. The van der Waals surface area contributed by atoms with Crippen LogP contribution in [0.15, 0.2) is 0 Å². The summed E-state index contributed by atoms with van der Waals surface area (Å²) in [5.74, 6) is 0.960. The first-order valence-corrected chi connectivity index (χ1v) is 5.98. The Balaban J connectivity index is 1.93. The maximum Gasteiger partial charge on any atom is 0.0431 e. The fraction of sp³-hybridized carbons (Fsp3) is 1.00. The van der Waals surface area contributed by atoms with Crippen molar-refractivity contribution in [3.8, 4) is 0 Å². The van der Waals surface area contributed by atoms with Gasteiger partial charge in [0.15, 0.2) is 0 Å². The van der Waals surface area contributed by atoms with E-state index in [0.29, 0.717) is 6.61 Å². The van der Waals surface area contributed by atoms with E-state index in [4.69, 9.17) is 5.11 Å². The van der Waals surface area contributed by atoms with Crippen LogP contribution in [0.5, 0.6) is 0 Å². The highest BCUT2D eigenvalue weighted by Gasteiger charge is 2.43. The lowest BCUT2D eigenvalue weighted by Crippen LogP contribution is -2.21. The molecule has 1 unspecified atom stereocenters. The van der Waals surface area contributed by atoms with Crippen molar-refractivity contribution in [2.45, 2.75) is 57.8 Å². The van der Waals surface area contributed by atoms with Gasteiger partial charge in [-0.15, -0.1) is 0 Å². The molecule has 0 saturated heterocycles. The Morgan fingerprint density at radius 3 is 2.46 bits per heavy atom. The second kappa shape index (κ2) is 4.00. The molecule has 0 amide bonds. The van der Waals surface area contributed by atoms with Crippen molar-refractivity contribution < 1.29 is 5.11 Å². The van der Waals surface area contributed by atoms with Gasteiger partial charge in [-0.3, -0.25) is 0 Å². The molecule has 0 aromatic carbocycles. The van der Waals surface area contributed by atoms with Gasteiger partial charge in [0.1, 0.15) is 0 Å². The van der Waals surface area contributed by atoms with Crippen molar-refractivity contribution >= 4 is 0 Å². The van der Waals surface area contributed by atoms with Crippen LogP contribution in [0.1, 0.15) is 57.8 Å². The maximum atomic E-state index is 8.86. The first-order chi connectivity index (χ1) is 6.37. The molecule has 0 bridgehead atoms. The van der Waals surface area contributed by atoms with Gasteiger partial charge in [-0.2, -0.15) is 0 Å². The highest BCUT2D eigenvalue weighted by Crippen LogP contribution is 2.55. The predicted octanol–water partition coefficient (Wildman–Crippen LogP) is 3.12. The van der Waals surface area contributed by atoms with E-state index in [0.717, 1.165) is 17.8 Å². The molecule has 0 aliphatic heterocycles. The lowest BCUT2D eigenvalue weighted by Gasteiger charge is -2.31. The zero-order valence-electron chi connectivity index (χ0n) is 8.60. The molecule has 1 atom stereocenters. The maximum absolute atomic E-state index is 8.86. The Labute approximate surface area is 81.5 Å². The fourth-order valence-corrected chi connectivity index (χ4v) is 3.74. The topological polar surface area (TPSA) is 20.2 Å². The van der Waals surface area contributed by atoms with Crippen molar-refractivity contribution in [2.75, 3.05) is 6.61 Å².